The van der Waals surface area contributed by atoms with E-state index in [4.69, 9.17) is 0 Å². The Morgan fingerprint density at radius 3 is 2.74 bits per heavy atom. The van der Waals surface area contributed by atoms with E-state index >= 15 is 0 Å². The van der Waals surface area contributed by atoms with Crippen LogP contribution in [0.4, 0.5) is 0 Å². The number of rotatable bonds is 3. The first-order valence-corrected chi connectivity index (χ1v) is 8.02. The Morgan fingerprint density at radius 2 is 2.21 bits per heavy atom. The normalized spacial score (nSPS) is 25.7. The van der Waals surface area contributed by atoms with Crippen LogP contribution in [0.2, 0.25) is 0 Å². The molecule has 1 aromatic heterocycles. The summed E-state index contributed by atoms with van der Waals surface area (Å²) in [5.74, 6) is 0.827. The van der Waals surface area contributed by atoms with Crippen molar-refractivity contribution in [3.05, 3.63) is 12.0 Å². The summed E-state index contributed by atoms with van der Waals surface area (Å²) in [5, 5.41) is 9.91. The molecule has 2 unspecified atom stereocenters. The third-order valence-electron chi connectivity index (χ3n) is 3.78. The Morgan fingerprint density at radius 1 is 1.53 bits per heavy atom. The summed E-state index contributed by atoms with van der Waals surface area (Å²) in [7, 11) is -3.59. The number of hydrogen-bond donors (Lipinski definition) is 1. The molecule has 0 amide bonds. The predicted molar refractivity (Wildman–Crippen MR) is 71.2 cm³/mol. The van der Waals surface area contributed by atoms with Crippen molar-refractivity contribution in [2.75, 3.05) is 13.1 Å². The van der Waals surface area contributed by atoms with Crippen molar-refractivity contribution >= 4 is 10.0 Å². The molecule has 0 bridgehead atoms. The van der Waals surface area contributed by atoms with Crippen LogP contribution in [0.1, 0.15) is 26.1 Å². The van der Waals surface area contributed by atoms with Crippen molar-refractivity contribution in [1.82, 2.24) is 13.9 Å². The lowest BCUT2D eigenvalue weighted by atomic mass is 9.98. The van der Waals surface area contributed by atoms with Gasteiger partial charge in [-0.2, -0.15) is 4.31 Å². The summed E-state index contributed by atoms with van der Waals surface area (Å²) in [6.07, 6.45) is 1.64. The zero-order chi connectivity index (χ0) is 14.2. The predicted octanol–water partition coefficient (Wildman–Crippen LogP) is 0.603. The fourth-order valence-corrected chi connectivity index (χ4v) is 3.76. The molecule has 0 aromatic carbocycles. The van der Waals surface area contributed by atoms with Crippen molar-refractivity contribution in [1.29, 1.82) is 0 Å². The molecule has 1 aliphatic rings. The van der Waals surface area contributed by atoms with Crippen LogP contribution in [0.3, 0.4) is 0 Å². The minimum absolute atomic E-state index is 0.0774. The van der Waals surface area contributed by atoms with Crippen molar-refractivity contribution in [3.63, 3.8) is 0 Å². The summed E-state index contributed by atoms with van der Waals surface area (Å²) in [4.78, 5) is 4.12. The lowest BCUT2D eigenvalue weighted by Gasteiger charge is -2.32. The maximum atomic E-state index is 12.5. The zero-order valence-electron chi connectivity index (χ0n) is 11.6. The van der Waals surface area contributed by atoms with Gasteiger partial charge in [0.15, 0.2) is 5.03 Å². The molecule has 2 atom stereocenters. The smallest absolute Gasteiger partial charge is 0.262 e. The molecule has 1 aromatic rings. The summed E-state index contributed by atoms with van der Waals surface area (Å²) >= 11 is 0. The quantitative estimate of drug-likeness (QED) is 0.883. The number of hydrogen-bond acceptors (Lipinski definition) is 4. The van der Waals surface area contributed by atoms with Crippen molar-refractivity contribution in [3.8, 4) is 0 Å². The summed E-state index contributed by atoms with van der Waals surface area (Å²) < 4.78 is 28.1. The number of sulfonamides is 1. The molecule has 1 saturated heterocycles. The molecule has 6 nitrogen and oxygen atoms in total. The molecular formula is C12H21N3O3S. The van der Waals surface area contributed by atoms with Crippen LogP contribution in [0.5, 0.6) is 0 Å². The van der Waals surface area contributed by atoms with E-state index in [9.17, 15) is 13.5 Å². The molecule has 0 spiro atoms. The minimum Gasteiger partial charge on any atom is -0.391 e. The first-order valence-electron chi connectivity index (χ1n) is 6.58. The van der Waals surface area contributed by atoms with E-state index < -0.39 is 16.1 Å². The van der Waals surface area contributed by atoms with E-state index in [1.807, 2.05) is 13.8 Å². The zero-order valence-corrected chi connectivity index (χ0v) is 12.4. The van der Waals surface area contributed by atoms with Gasteiger partial charge in [0.2, 0.25) is 0 Å². The second kappa shape index (κ2) is 5.22. The fraction of sp³-hybridized carbons (Fsp3) is 0.750. The number of aromatic nitrogens is 2. The van der Waals surface area contributed by atoms with Gasteiger partial charge in [-0.3, -0.25) is 0 Å². The van der Waals surface area contributed by atoms with Crippen molar-refractivity contribution in [2.45, 2.75) is 44.9 Å². The van der Waals surface area contributed by atoms with Crippen molar-refractivity contribution in [2.24, 2.45) is 5.92 Å². The molecule has 19 heavy (non-hydrogen) atoms. The van der Waals surface area contributed by atoms with Gasteiger partial charge in [-0.15, -0.1) is 0 Å². The number of piperidine rings is 1. The number of nitrogens with zero attached hydrogens (tertiary/aromatic N) is 3. The second-order valence-electron chi connectivity index (χ2n) is 5.11. The molecule has 7 heteroatoms. The van der Waals surface area contributed by atoms with Gasteiger partial charge < -0.3 is 9.67 Å². The van der Waals surface area contributed by atoms with Gasteiger partial charge in [-0.25, -0.2) is 13.4 Å². The molecule has 1 aliphatic heterocycles. The molecule has 108 valence electrons. The van der Waals surface area contributed by atoms with E-state index in [0.717, 1.165) is 0 Å². The SMILES string of the molecule is CCn1cc(S(=O)(=O)N2CCC(C)C(O)C2)nc1C. The number of β-amino-alcohol motifs (C(OH)–C–C–N with tert-alkyl or cyclic N) is 1. The molecule has 1 N–H and O–H groups in total. The number of aryl methyl sites for hydroxylation is 2. The molecule has 2 heterocycles. The van der Waals surface area contributed by atoms with Crippen LogP contribution in [0.15, 0.2) is 11.2 Å². The van der Waals surface area contributed by atoms with Gasteiger partial charge in [-0.1, -0.05) is 6.92 Å². The number of imidazole rings is 1. The van der Waals surface area contributed by atoms with Gasteiger partial charge in [0.1, 0.15) is 5.82 Å². The van der Waals surface area contributed by atoms with Crippen LogP contribution in [0.25, 0.3) is 0 Å². The van der Waals surface area contributed by atoms with Gasteiger partial charge >= 0.3 is 0 Å². The third kappa shape index (κ3) is 2.68. The maximum Gasteiger partial charge on any atom is 0.262 e. The van der Waals surface area contributed by atoms with Crippen molar-refractivity contribution < 1.29 is 13.5 Å². The topological polar surface area (TPSA) is 75.4 Å². The van der Waals surface area contributed by atoms with Crippen LogP contribution in [0, 0.1) is 12.8 Å². The lowest BCUT2D eigenvalue weighted by molar-refractivity contribution is 0.0604. The first-order chi connectivity index (χ1) is 8.86. The first kappa shape index (κ1) is 14.5. The maximum absolute atomic E-state index is 12.5. The Bertz CT molecular complexity index is 553. The van der Waals surface area contributed by atoms with Crippen LogP contribution < -0.4 is 0 Å². The molecule has 1 fully saturated rings. The summed E-state index contributed by atoms with van der Waals surface area (Å²) in [6.45, 7) is 6.95. The highest BCUT2D eigenvalue weighted by atomic mass is 32.2. The van der Waals surface area contributed by atoms with E-state index in [0.29, 0.717) is 25.3 Å². The van der Waals surface area contributed by atoms with Gasteiger partial charge in [0.05, 0.1) is 6.10 Å². The van der Waals surface area contributed by atoms with Crippen LogP contribution >= 0.6 is 0 Å². The highest BCUT2D eigenvalue weighted by Gasteiger charge is 2.34. The molecule has 0 aliphatic carbocycles. The summed E-state index contributed by atoms with van der Waals surface area (Å²) in [6, 6.07) is 0. The van der Waals surface area contributed by atoms with Crippen LogP contribution in [-0.2, 0) is 16.6 Å². The molecule has 0 saturated carbocycles. The Kier molecular flexibility index (Phi) is 3.98. The van der Waals surface area contributed by atoms with E-state index in [-0.39, 0.29) is 17.5 Å². The highest BCUT2D eigenvalue weighted by Crippen LogP contribution is 2.23. The number of aliphatic hydroxyl groups excluding tert-OH is 1. The number of aliphatic hydroxyl groups is 1. The average molecular weight is 287 g/mol. The van der Waals surface area contributed by atoms with E-state index in [1.54, 1.807) is 17.7 Å². The Balaban J connectivity index is 2.27. The van der Waals surface area contributed by atoms with E-state index in [1.165, 1.54) is 4.31 Å². The lowest BCUT2D eigenvalue weighted by Crippen LogP contribution is -2.45. The minimum atomic E-state index is -3.59. The Hall–Kier alpha value is -0.920. The second-order valence-corrected chi connectivity index (χ2v) is 6.99. The largest absolute Gasteiger partial charge is 0.391 e. The molecular weight excluding hydrogens is 266 g/mol. The van der Waals surface area contributed by atoms with Crippen LogP contribution in [-0.4, -0.2) is 46.6 Å². The van der Waals surface area contributed by atoms with E-state index in [2.05, 4.69) is 4.98 Å². The van der Waals surface area contributed by atoms with Gasteiger partial charge in [-0.05, 0) is 26.2 Å². The fourth-order valence-electron chi connectivity index (χ4n) is 2.29. The molecule has 2 rings (SSSR count). The standard InChI is InChI=1S/C12H21N3O3S/c1-4-14-8-12(13-10(14)3)19(17,18)15-6-5-9(2)11(16)7-15/h8-9,11,16H,4-7H2,1-3H3. The van der Waals surface area contributed by atoms with Gasteiger partial charge in [0.25, 0.3) is 10.0 Å². The Labute approximate surface area is 114 Å². The molecule has 0 radical (unpaired) electrons. The summed E-state index contributed by atoms with van der Waals surface area (Å²) in [5.41, 5.74) is 0. The average Bonchev–Trinajstić information content (AvgIpc) is 2.74. The van der Waals surface area contributed by atoms with Gasteiger partial charge in [0, 0.05) is 25.8 Å². The monoisotopic (exact) mass is 287 g/mol. The highest BCUT2D eigenvalue weighted by molar-refractivity contribution is 7.89. The third-order valence-corrected chi connectivity index (χ3v) is 5.52.